The number of halogens is 2. The second-order valence-corrected chi connectivity index (χ2v) is 4.40. The van der Waals surface area contributed by atoms with Crippen LogP contribution in [0.15, 0.2) is 29.7 Å². The van der Waals surface area contributed by atoms with E-state index in [1.54, 1.807) is 24.3 Å². The maximum Gasteiger partial charge on any atom is 0.326 e. The van der Waals surface area contributed by atoms with Crippen LogP contribution in [0, 0.1) is 6.92 Å². The summed E-state index contributed by atoms with van der Waals surface area (Å²) in [7, 11) is -4.68. The largest absolute Gasteiger partial charge is 0.326 e. The molecule has 2 nitrogen and oxygen atoms in total. The van der Waals surface area contributed by atoms with Gasteiger partial charge in [-0.2, -0.15) is 8.42 Å². The Hall–Kier alpha value is -0.870. The summed E-state index contributed by atoms with van der Waals surface area (Å²) in [5.74, 6) is 0. The lowest BCUT2D eigenvalue weighted by Gasteiger charge is -1.98. The predicted octanol–water partition coefficient (Wildman–Crippen LogP) is 2.83. The van der Waals surface area contributed by atoms with Gasteiger partial charge in [0, 0.05) is 0 Å². The van der Waals surface area contributed by atoms with Gasteiger partial charge in [-0.3, -0.25) is 0 Å². The average molecular weight is 235 g/mol. The Morgan fingerprint density at radius 2 is 1.86 bits per heavy atom. The summed E-state index contributed by atoms with van der Waals surface area (Å²) < 4.78 is 32.7. The van der Waals surface area contributed by atoms with Gasteiger partial charge in [-0.15, -0.1) is 3.89 Å². The summed E-state index contributed by atoms with van der Waals surface area (Å²) in [6, 6.07) is 6.77. The van der Waals surface area contributed by atoms with Crippen LogP contribution < -0.4 is 0 Å². The van der Waals surface area contributed by atoms with Crippen LogP contribution in [0.1, 0.15) is 11.1 Å². The van der Waals surface area contributed by atoms with Gasteiger partial charge >= 0.3 is 10.2 Å². The maximum atomic E-state index is 12.2. The first-order valence-electron chi connectivity index (χ1n) is 3.77. The summed E-state index contributed by atoms with van der Waals surface area (Å²) >= 11 is 5.59. The second kappa shape index (κ2) is 4.11. The third-order valence-electron chi connectivity index (χ3n) is 1.57. The quantitative estimate of drug-likeness (QED) is 0.738. The highest BCUT2D eigenvalue weighted by molar-refractivity contribution is 7.89. The lowest BCUT2D eigenvalue weighted by atomic mass is 10.1. The van der Waals surface area contributed by atoms with Crippen LogP contribution in [-0.2, 0) is 10.2 Å². The van der Waals surface area contributed by atoms with Crippen LogP contribution >= 0.6 is 11.6 Å². The van der Waals surface area contributed by atoms with Crippen molar-refractivity contribution in [3.63, 3.8) is 0 Å². The molecule has 14 heavy (non-hydrogen) atoms. The van der Waals surface area contributed by atoms with Crippen molar-refractivity contribution in [3.05, 3.63) is 40.8 Å². The van der Waals surface area contributed by atoms with Gasteiger partial charge in [0.2, 0.25) is 0 Å². The summed E-state index contributed by atoms with van der Waals surface area (Å²) in [5.41, 5.74) is 1.49. The zero-order valence-corrected chi connectivity index (χ0v) is 8.94. The van der Waals surface area contributed by atoms with Crippen molar-refractivity contribution in [3.8, 4) is 0 Å². The third kappa shape index (κ3) is 3.47. The van der Waals surface area contributed by atoms with E-state index >= 15 is 0 Å². The molecule has 0 aliphatic carbocycles. The molecule has 0 atom stereocenters. The summed E-state index contributed by atoms with van der Waals surface area (Å²) in [6.07, 6.45) is 0. The molecule has 0 heterocycles. The zero-order chi connectivity index (χ0) is 10.8. The Morgan fingerprint density at radius 3 is 2.29 bits per heavy atom. The Labute approximate surface area is 87.2 Å². The molecular weight excluding hydrogens is 227 g/mol. The van der Waals surface area contributed by atoms with Crippen molar-refractivity contribution in [2.45, 2.75) is 6.92 Å². The molecule has 1 rings (SSSR count). The molecule has 0 unspecified atom stereocenters. The minimum absolute atomic E-state index is 0.132. The lowest BCUT2D eigenvalue weighted by Crippen LogP contribution is -1.85. The molecule has 1 aromatic rings. The van der Waals surface area contributed by atoms with E-state index in [-0.39, 0.29) is 5.03 Å². The molecule has 1 aromatic carbocycles. The van der Waals surface area contributed by atoms with Crippen LogP contribution in [0.5, 0.6) is 0 Å². The SMILES string of the molecule is Cc1ccc(/C(Cl)=C\S(=O)(=O)F)cc1. The van der Waals surface area contributed by atoms with Crippen LogP contribution in [0.25, 0.3) is 5.03 Å². The number of hydrogen-bond donors (Lipinski definition) is 0. The van der Waals surface area contributed by atoms with Gasteiger partial charge in [0.1, 0.15) is 0 Å². The second-order valence-electron chi connectivity index (χ2n) is 2.81. The molecular formula is C9H8ClFO2S. The monoisotopic (exact) mass is 234 g/mol. The highest BCUT2D eigenvalue weighted by atomic mass is 35.5. The number of hydrogen-bond acceptors (Lipinski definition) is 2. The van der Waals surface area contributed by atoms with E-state index in [0.717, 1.165) is 5.56 Å². The van der Waals surface area contributed by atoms with E-state index in [2.05, 4.69) is 0 Å². The van der Waals surface area contributed by atoms with Crippen molar-refractivity contribution < 1.29 is 12.3 Å². The van der Waals surface area contributed by atoms with Crippen molar-refractivity contribution in [1.29, 1.82) is 0 Å². The van der Waals surface area contributed by atoms with Crippen molar-refractivity contribution >= 4 is 26.9 Å². The van der Waals surface area contributed by atoms with Crippen LogP contribution in [0.4, 0.5) is 3.89 Å². The minimum atomic E-state index is -4.68. The summed E-state index contributed by atoms with van der Waals surface area (Å²) in [6.45, 7) is 1.88. The van der Waals surface area contributed by atoms with Gasteiger partial charge in [0.25, 0.3) is 0 Å². The molecule has 0 aliphatic rings. The molecule has 5 heteroatoms. The fraction of sp³-hybridized carbons (Fsp3) is 0.111. The number of benzene rings is 1. The van der Waals surface area contributed by atoms with Gasteiger partial charge in [0.05, 0.1) is 10.4 Å². The number of rotatable bonds is 2. The topological polar surface area (TPSA) is 34.1 Å². The fourth-order valence-electron chi connectivity index (χ4n) is 0.904. The van der Waals surface area contributed by atoms with Crippen molar-refractivity contribution in [2.24, 2.45) is 0 Å². The van der Waals surface area contributed by atoms with Gasteiger partial charge < -0.3 is 0 Å². The first-order chi connectivity index (χ1) is 6.38. The third-order valence-corrected chi connectivity index (χ3v) is 2.55. The van der Waals surface area contributed by atoms with E-state index in [1.165, 1.54) is 0 Å². The predicted molar refractivity (Wildman–Crippen MR) is 55.0 cm³/mol. The van der Waals surface area contributed by atoms with Crippen LogP contribution in [0.2, 0.25) is 0 Å². The first kappa shape index (κ1) is 11.2. The van der Waals surface area contributed by atoms with E-state index in [4.69, 9.17) is 11.6 Å². The van der Waals surface area contributed by atoms with Gasteiger partial charge in [-0.05, 0) is 12.5 Å². The molecule has 0 bridgehead atoms. The smallest absolute Gasteiger partial charge is 0.190 e. The molecule has 0 aromatic heterocycles. The van der Waals surface area contributed by atoms with Crippen LogP contribution in [0.3, 0.4) is 0 Å². The zero-order valence-electron chi connectivity index (χ0n) is 7.37. The molecule has 0 fully saturated rings. The summed E-state index contributed by atoms with van der Waals surface area (Å²) in [4.78, 5) is 0. The standard InChI is InChI=1S/C9H8ClFO2S/c1-7-2-4-8(5-3-7)9(10)6-14(11,12)13/h2-6H,1H3/b9-6+. The molecule has 0 N–H and O–H groups in total. The first-order valence-corrected chi connectivity index (χ1v) is 5.60. The van der Waals surface area contributed by atoms with Crippen molar-refractivity contribution in [1.82, 2.24) is 0 Å². The maximum absolute atomic E-state index is 12.2. The fourth-order valence-corrected chi connectivity index (χ4v) is 1.73. The molecule has 0 radical (unpaired) electrons. The molecule has 76 valence electrons. The minimum Gasteiger partial charge on any atom is -0.190 e. The Kier molecular flexibility index (Phi) is 3.29. The van der Waals surface area contributed by atoms with Gasteiger partial charge in [-0.25, -0.2) is 0 Å². The Bertz CT molecular complexity index is 448. The van der Waals surface area contributed by atoms with Crippen LogP contribution in [-0.4, -0.2) is 8.42 Å². The normalized spacial score (nSPS) is 12.9. The Balaban J connectivity index is 3.07. The van der Waals surface area contributed by atoms with Gasteiger partial charge in [-0.1, -0.05) is 41.4 Å². The van der Waals surface area contributed by atoms with E-state index < -0.39 is 10.2 Å². The van der Waals surface area contributed by atoms with Crippen molar-refractivity contribution in [2.75, 3.05) is 0 Å². The van der Waals surface area contributed by atoms with E-state index in [9.17, 15) is 12.3 Å². The summed E-state index contributed by atoms with van der Waals surface area (Å²) in [5, 5.41) is 0.256. The molecule has 0 aliphatic heterocycles. The lowest BCUT2D eigenvalue weighted by molar-refractivity contribution is 0.563. The highest BCUT2D eigenvalue weighted by Gasteiger charge is 2.05. The molecule has 0 saturated carbocycles. The van der Waals surface area contributed by atoms with E-state index in [1.807, 2.05) is 6.92 Å². The molecule has 0 saturated heterocycles. The molecule has 0 amide bonds. The molecule has 0 spiro atoms. The number of aryl methyl sites for hydroxylation is 1. The van der Waals surface area contributed by atoms with Gasteiger partial charge in [0.15, 0.2) is 0 Å². The van der Waals surface area contributed by atoms with E-state index in [0.29, 0.717) is 11.0 Å². The average Bonchev–Trinajstić information content (AvgIpc) is 2.02. The highest BCUT2D eigenvalue weighted by Crippen LogP contribution is 2.20. The Morgan fingerprint density at radius 1 is 1.36 bits per heavy atom.